The summed E-state index contributed by atoms with van der Waals surface area (Å²) < 4.78 is 25.9. The number of nitrogens with one attached hydrogen (secondary N) is 2. The summed E-state index contributed by atoms with van der Waals surface area (Å²) in [6.07, 6.45) is 2.63. The molecule has 54 heavy (non-hydrogen) atoms. The van der Waals surface area contributed by atoms with Crippen molar-refractivity contribution >= 4 is 44.0 Å². The van der Waals surface area contributed by atoms with Crippen LogP contribution >= 0.6 is 31.9 Å². The van der Waals surface area contributed by atoms with Crippen LogP contribution < -0.4 is 9.47 Å². The van der Waals surface area contributed by atoms with E-state index in [1.165, 1.54) is 0 Å². The van der Waals surface area contributed by atoms with Crippen LogP contribution in [0.4, 0.5) is 9.59 Å². The number of rotatable bonds is 4. The van der Waals surface area contributed by atoms with Crippen molar-refractivity contribution in [3.05, 3.63) is 56.2 Å². The summed E-state index contributed by atoms with van der Waals surface area (Å²) in [6, 6.07) is 7.90. The molecule has 0 bridgehead atoms. The van der Waals surface area contributed by atoms with Crippen molar-refractivity contribution in [2.75, 3.05) is 0 Å². The zero-order valence-electron chi connectivity index (χ0n) is 31.9. The van der Waals surface area contributed by atoms with Gasteiger partial charge >= 0.3 is 12.2 Å². The molecular weight excluding hydrogens is 820 g/mol. The van der Waals surface area contributed by atoms with E-state index in [0.29, 0.717) is 24.9 Å². The predicted octanol–water partition coefficient (Wildman–Crippen LogP) is 10.4. The first kappa shape index (κ1) is 36.9. The highest BCUT2D eigenvalue weighted by atomic mass is 79.9. The molecule has 4 aliphatic heterocycles. The van der Waals surface area contributed by atoms with E-state index < -0.39 is 11.2 Å². The highest BCUT2D eigenvalue weighted by Gasteiger charge is 2.42. The van der Waals surface area contributed by atoms with E-state index in [9.17, 15) is 9.59 Å². The number of carbonyl (C=O) groups is 2. The number of hydrogen-bond acceptors (Lipinski definition) is 8. The van der Waals surface area contributed by atoms with Gasteiger partial charge in [0, 0.05) is 45.5 Å². The fourth-order valence-electron chi connectivity index (χ4n) is 8.14. The van der Waals surface area contributed by atoms with E-state index in [1.807, 2.05) is 67.5 Å². The second-order valence-corrected chi connectivity index (χ2v) is 18.4. The van der Waals surface area contributed by atoms with Gasteiger partial charge in [0.15, 0.2) is 0 Å². The number of hydrogen-bond donors (Lipinski definition) is 2. The minimum atomic E-state index is -0.591. The first-order valence-electron chi connectivity index (χ1n) is 18.6. The molecular formula is C40H46Br2N6O6. The largest absolute Gasteiger partial charge is 0.488 e. The fourth-order valence-corrected chi connectivity index (χ4v) is 9.18. The molecule has 2 N–H and O–H groups in total. The van der Waals surface area contributed by atoms with Crippen molar-refractivity contribution in [3.8, 4) is 45.1 Å². The SMILES string of the molecule is C[C@H]1CC[C@@H](c2nc(-c3cc4c5c(c3)OCc3cc(-c6nc([C@@H]7CC[C@H](C)N7C(=O)OC(C)(C)C)[nH]c6Br)cc(c3-5)OC4)c(Br)[nH]2)N1C(=O)OC(C)(C)C. The number of H-pyrrole nitrogens is 2. The lowest BCUT2D eigenvalue weighted by Gasteiger charge is -2.30. The van der Waals surface area contributed by atoms with E-state index in [4.69, 9.17) is 28.9 Å². The van der Waals surface area contributed by atoms with Crippen molar-refractivity contribution in [1.29, 1.82) is 0 Å². The number of aromatic nitrogens is 4. The molecule has 0 aliphatic carbocycles. The number of likely N-dealkylation sites (tertiary alicyclic amines) is 2. The Bertz CT molecular complexity index is 1960. The molecule has 2 amide bonds. The van der Waals surface area contributed by atoms with E-state index >= 15 is 0 Å². The minimum absolute atomic E-state index is 0.0348. The van der Waals surface area contributed by atoms with Crippen LogP contribution in [0.25, 0.3) is 33.6 Å². The Hall–Kier alpha value is -4.04. The molecule has 4 atom stereocenters. The normalized spacial score (nSPS) is 21.8. The van der Waals surface area contributed by atoms with Crippen LogP contribution in [0.2, 0.25) is 0 Å². The first-order valence-corrected chi connectivity index (χ1v) is 20.2. The van der Waals surface area contributed by atoms with Crippen molar-refractivity contribution in [2.24, 2.45) is 0 Å². The molecule has 12 nitrogen and oxygen atoms in total. The average Bonchev–Trinajstić information content (AvgIpc) is 3.86. The third-order valence-corrected chi connectivity index (χ3v) is 11.6. The van der Waals surface area contributed by atoms with Gasteiger partial charge < -0.3 is 28.9 Å². The molecule has 6 heterocycles. The lowest BCUT2D eigenvalue weighted by atomic mass is 9.87. The van der Waals surface area contributed by atoms with Gasteiger partial charge in [0.2, 0.25) is 0 Å². The number of benzene rings is 2. The number of aromatic amines is 2. The van der Waals surface area contributed by atoms with Crippen LogP contribution in [0.3, 0.4) is 0 Å². The number of halogens is 2. The molecule has 8 rings (SSSR count). The predicted molar refractivity (Wildman–Crippen MR) is 210 cm³/mol. The average molecular weight is 867 g/mol. The van der Waals surface area contributed by atoms with Gasteiger partial charge in [-0.2, -0.15) is 0 Å². The van der Waals surface area contributed by atoms with Crippen molar-refractivity contribution < 1.29 is 28.5 Å². The molecule has 2 fully saturated rings. The number of amides is 2. The number of imidazole rings is 2. The second-order valence-electron chi connectivity index (χ2n) is 16.8. The zero-order chi connectivity index (χ0) is 38.4. The molecule has 14 heteroatoms. The summed E-state index contributed by atoms with van der Waals surface area (Å²) in [7, 11) is 0. The van der Waals surface area contributed by atoms with Crippen LogP contribution in [0, 0.1) is 0 Å². The van der Waals surface area contributed by atoms with Crippen LogP contribution in [0.1, 0.15) is 116 Å². The topological polar surface area (TPSA) is 135 Å². The highest BCUT2D eigenvalue weighted by Crippen LogP contribution is 2.52. The Morgan fingerprint density at radius 2 is 1.07 bits per heavy atom. The fraction of sp³-hybridized carbons (Fsp3) is 0.500. The molecule has 0 spiro atoms. The molecule has 2 saturated heterocycles. The van der Waals surface area contributed by atoms with Crippen LogP contribution in [-0.4, -0.2) is 65.2 Å². The minimum Gasteiger partial charge on any atom is -0.488 e. The number of ether oxygens (including phenoxy) is 4. The maximum atomic E-state index is 13.2. The van der Waals surface area contributed by atoms with Crippen molar-refractivity contribution in [3.63, 3.8) is 0 Å². The maximum absolute atomic E-state index is 13.2. The number of carbonyl (C=O) groups excluding carboxylic acids is 2. The molecule has 286 valence electrons. The van der Waals surface area contributed by atoms with Gasteiger partial charge in [0.1, 0.15) is 68.2 Å². The molecule has 2 aromatic heterocycles. The standard InChI is InChI=1S/C40H46Br2N6O6/c1-19-9-11-25(47(19)37(49)53-39(3,4)5)35-43-31(33(41)45-35)21-13-23-17-52-28-16-22(14-24-18-51-27(15-21)29(23)30(24)28)32-34(42)46-36(44-32)26-12-10-20(2)48(26)38(50)54-40(6,7)8/h13-16,19-20,25-26H,9-12,17-18H2,1-8H3,(H,43,45)(H,44,46)/t19-,20-,25-,26-/m0/s1. The summed E-state index contributed by atoms with van der Waals surface area (Å²) in [6.45, 7) is 16.1. The molecule has 4 aliphatic rings. The van der Waals surface area contributed by atoms with Gasteiger partial charge in [0.05, 0.1) is 12.1 Å². The van der Waals surface area contributed by atoms with Gasteiger partial charge in [0.25, 0.3) is 0 Å². The van der Waals surface area contributed by atoms with Gasteiger partial charge in [-0.05, 0) is 137 Å². The van der Waals surface area contributed by atoms with Gasteiger partial charge in [-0.25, -0.2) is 19.6 Å². The van der Waals surface area contributed by atoms with E-state index in [-0.39, 0.29) is 36.4 Å². The van der Waals surface area contributed by atoms with Gasteiger partial charge in [-0.15, -0.1) is 0 Å². The summed E-state index contributed by atoms with van der Waals surface area (Å²) >= 11 is 7.45. The third kappa shape index (κ3) is 6.67. The Morgan fingerprint density at radius 3 is 1.44 bits per heavy atom. The zero-order valence-corrected chi connectivity index (χ0v) is 35.0. The maximum Gasteiger partial charge on any atom is 0.411 e. The van der Waals surface area contributed by atoms with E-state index in [0.717, 1.165) is 91.2 Å². The first-order chi connectivity index (χ1) is 25.5. The van der Waals surface area contributed by atoms with Crippen molar-refractivity contribution in [1.82, 2.24) is 29.7 Å². The molecule has 0 radical (unpaired) electrons. The Balaban J connectivity index is 1.08. The monoisotopic (exact) mass is 864 g/mol. The summed E-state index contributed by atoms with van der Waals surface area (Å²) in [5.74, 6) is 2.97. The van der Waals surface area contributed by atoms with Gasteiger partial charge in [-0.1, -0.05) is 0 Å². The smallest absolute Gasteiger partial charge is 0.411 e. The van der Waals surface area contributed by atoms with Crippen LogP contribution in [0.15, 0.2) is 33.5 Å². The van der Waals surface area contributed by atoms with Crippen molar-refractivity contribution in [2.45, 2.75) is 130 Å². The second kappa shape index (κ2) is 13.3. The van der Waals surface area contributed by atoms with E-state index in [2.05, 4.69) is 54.0 Å². The summed E-state index contributed by atoms with van der Waals surface area (Å²) in [4.78, 5) is 46.9. The summed E-state index contributed by atoms with van der Waals surface area (Å²) in [5, 5.41) is 0. The lowest BCUT2D eigenvalue weighted by Crippen LogP contribution is -2.40. The summed E-state index contributed by atoms with van der Waals surface area (Å²) in [5.41, 5.74) is 6.12. The number of nitrogens with zero attached hydrogens (tertiary/aromatic N) is 4. The quantitative estimate of drug-likeness (QED) is 0.207. The Labute approximate surface area is 331 Å². The third-order valence-electron chi connectivity index (χ3n) is 10.5. The van der Waals surface area contributed by atoms with Crippen LogP contribution in [-0.2, 0) is 22.7 Å². The van der Waals surface area contributed by atoms with Crippen LogP contribution in [0.5, 0.6) is 11.5 Å². The highest BCUT2D eigenvalue weighted by molar-refractivity contribution is 9.10. The Morgan fingerprint density at radius 1 is 0.685 bits per heavy atom. The van der Waals surface area contributed by atoms with Gasteiger partial charge in [-0.3, -0.25) is 9.80 Å². The molecule has 4 aromatic rings. The molecule has 2 aromatic carbocycles. The molecule has 0 unspecified atom stereocenters. The lowest BCUT2D eigenvalue weighted by molar-refractivity contribution is 0.0140. The Kier molecular flexibility index (Phi) is 9.10. The molecule has 0 saturated carbocycles. The van der Waals surface area contributed by atoms with E-state index in [1.54, 1.807) is 9.80 Å².